The van der Waals surface area contributed by atoms with E-state index in [2.05, 4.69) is 11.2 Å². The second kappa shape index (κ2) is 8.30. The number of hydrogen-bond acceptors (Lipinski definition) is 3. The largest absolute Gasteiger partial charge is 0.497 e. The average molecular weight is 302 g/mol. The van der Waals surface area contributed by atoms with Gasteiger partial charge in [-0.1, -0.05) is 12.0 Å². The molecular formula is C17H22N2O3. The summed E-state index contributed by atoms with van der Waals surface area (Å²) in [6, 6.07) is 7.25. The highest BCUT2D eigenvalue weighted by molar-refractivity contribution is 5.89. The van der Waals surface area contributed by atoms with Crippen molar-refractivity contribution < 1.29 is 14.3 Å². The lowest BCUT2D eigenvalue weighted by Gasteiger charge is -2.32. The number of carbonyl (C=O) groups is 1. The number of likely N-dealkylation sites (tertiary alicyclic amines) is 1. The Morgan fingerprint density at radius 3 is 3.18 bits per heavy atom. The number of carbonyl (C=O) groups excluding carboxylic acids is 1. The molecular weight excluding hydrogens is 280 g/mol. The first-order chi connectivity index (χ1) is 10.7. The van der Waals surface area contributed by atoms with Gasteiger partial charge in [-0.3, -0.25) is 0 Å². The molecule has 1 fully saturated rings. The Kier molecular flexibility index (Phi) is 6.11. The molecule has 1 aliphatic rings. The molecule has 0 aliphatic carbocycles. The Labute approximate surface area is 131 Å². The normalized spacial score (nSPS) is 17.6. The minimum atomic E-state index is -0.0881. The molecule has 0 bridgehead atoms. The highest BCUT2D eigenvalue weighted by atomic mass is 16.5. The molecule has 118 valence electrons. The van der Waals surface area contributed by atoms with Crippen LogP contribution in [0.25, 0.3) is 0 Å². The van der Waals surface area contributed by atoms with Crippen molar-refractivity contribution in [2.75, 3.05) is 38.7 Å². The van der Waals surface area contributed by atoms with Crippen molar-refractivity contribution in [3.05, 3.63) is 24.3 Å². The summed E-state index contributed by atoms with van der Waals surface area (Å²) in [4.78, 5) is 14.2. The SMILES string of the molecule is C#CCOCC1CCCN(C(=O)Nc2cccc(OC)c2)C1. The maximum atomic E-state index is 12.3. The van der Waals surface area contributed by atoms with E-state index in [0.717, 1.165) is 30.8 Å². The van der Waals surface area contributed by atoms with Gasteiger partial charge >= 0.3 is 6.03 Å². The van der Waals surface area contributed by atoms with E-state index in [4.69, 9.17) is 15.9 Å². The van der Waals surface area contributed by atoms with E-state index >= 15 is 0 Å². The van der Waals surface area contributed by atoms with Crippen molar-refractivity contribution >= 4 is 11.7 Å². The Balaban J connectivity index is 1.87. The number of methoxy groups -OCH3 is 1. The third-order valence-corrected chi connectivity index (χ3v) is 3.67. The number of anilines is 1. The van der Waals surface area contributed by atoms with Crippen molar-refractivity contribution in [2.45, 2.75) is 12.8 Å². The van der Waals surface area contributed by atoms with Gasteiger partial charge in [-0.2, -0.15) is 0 Å². The zero-order chi connectivity index (χ0) is 15.8. The number of piperidine rings is 1. The Morgan fingerprint density at radius 1 is 1.55 bits per heavy atom. The second-order valence-electron chi connectivity index (χ2n) is 5.34. The lowest BCUT2D eigenvalue weighted by Crippen LogP contribution is -2.43. The molecule has 1 atom stereocenters. The fourth-order valence-electron chi connectivity index (χ4n) is 2.57. The highest BCUT2D eigenvalue weighted by Crippen LogP contribution is 2.20. The number of nitrogens with zero attached hydrogens (tertiary/aromatic N) is 1. The summed E-state index contributed by atoms with van der Waals surface area (Å²) in [6.07, 6.45) is 7.21. The van der Waals surface area contributed by atoms with E-state index in [-0.39, 0.29) is 6.03 Å². The van der Waals surface area contributed by atoms with Crippen LogP contribution in [0.5, 0.6) is 5.75 Å². The molecule has 0 spiro atoms. The summed E-state index contributed by atoms with van der Waals surface area (Å²) in [5.74, 6) is 3.52. The number of hydrogen-bond donors (Lipinski definition) is 1. The molecule has 22 heavy (non-hydrogen) atoms. The molecule has 1 heterocycles. The fourth-order valence-corrected chi connectivity index (χ4v) is 2.57. The van der Waals surface area contributed by atoms with Crippen LogP contribution in [-0.4, -0.2) is 44.3 Å². The quantitative estimate of drug-likeness (QED) is 0.672. The van der Waals surface area contributed by atoms with E-state index in [1.807, 2.05) is 23.1 Å². The van der Waals surface area contributed by atoms with Gasteiger partial charge in [0.25, 0.3) is 0 Å². The van der Waals surface area contributed by atoms with Crippen LogP contribution in [-0.2, 0) is 4.74 Å². The van der Waals surface area contributed by atoms with Crippen LogP contribution in [0.3, 0.4) is 0 Å². The van der Waals surface area contributed by atoms with Gasteiger partial charge in [0.2, 0.25) is 0 Å². The van der Waals surface area contributed by atoms with Crippen LogP contribution < -0.4 is 10.1 Å². The summed E-state index contributed by atoms with van der Waals surface area (Å²) >= 11 is 0. The molecule has 1 aliphatic heterocycles. The number of urea groups is 1. The average Bonchev–Trinajstić information content (AvgIpc) is 2.55. The lowest BCUT2D eigenvalue weighted by atomic mass is 9.99. The van der Waals surface area contributed by atoms with Crippen molar-refractivity contribution in [2.24, 2.45) is 5.92 Å². The van der Waals surface area contributed by atoms with Gasteiger partial charge < -0.3 is 19.7 Å². The van der Waals surface area contributed by atoms with Crippen molar-refractivity contribution in [1.29, 1.82) is 0 Å². The molecule has 2 amide bonds. The van der Waals surface area contributed by atoms with Gasteiger partial charge in [-0.25, -0.2) is 4.79 Å². The van der Waals surface area contributed by atoms with Gasteiger partial charge in [0.1, 0.15) is 12.4 Å². The molecule has 1 saturated heterocycles. The summed E-state index contributed by atoms with van der Waals surface area (Å²) in [7, 11) is 1.60. The third kappa shape index (κ3) is 4.68. The van der Waals surface area contributed by atoms with E-state index < -0.39 is 0 Å². The first-order valence-electron chi connectivity index (χ1n) is 7.44. The molecule has 5 nitrogen and oxygen atoms in total. The smallest absolute Gasteiger partial charge is 0.321 e. The Hall–Kier alpha value is -2.19. The molecule has 5 heteroatoms. The molecule has 1 aromatic rings. The Morgan fingerprint density at radius 2 is 2.41 bits per heavy atom. The number of ether oxygens (including phenoxy) is 2. The predicted molar refractivity (Wildman–Crippen MR) is 86.0 cm³/mol. The molecule has 0 saturated carbocycles. The third-order valence-electron chi connectivity index (χ3n) is 3.67. The first kappa shape index (κ1) is 16.2. The van der Waals surface area contributed by atoms with Crippen molar-refractivity contribution in [3.8, 4) is 18.1 Å². The predicted octanol–water partition coefficient (Wildman–Crippen LogP) is 2.59. The van der Waals surface area contributed by atoms with Gasteiger partial charge in [-0.15, -0.1) is 6.42 Å². The van der Waals surface area contributed by atoms with E-state index in [1.165, 1.54) is 0 Å². The zero-order valence-electron chi connectivity index (χ0n) is 12.9. The van der Waals surface area contributed by atoms with Crippen LogP contribution in [0.1, 0.15) is 12.8 Å². The highest BCUT2D eigenvalue weighted by Gasteiger charge is 2.23. The van der Waals surface area contributed by atoms with Crippen LogP contribution in [0.2, 0.25) is 0 Å². The van der Waals surface area contributed by atoms with Gasteiger partial charge in [0, 0.05) is 30.8 Å². The maximum Gasteiger partial charge on any atom is 0.321 e. The van der Waals surface area contributed by atoms with Crippen LogP contribution in [0.4, 0.5) is 10.5 Å². The minimum Gasteiger partial charge on any atom is -0.497 e. The maximum absolute atomic E-state index is 12.3. The van der Waals surface area contributed by atoms with Gasteiger partial charge in [-0.05, 0) is 25.0 Å². The number of rotatable bonds is 5. The van der Waals surface area contributed by atoms with Crippen LogP contribution in [0.15, 0.2) is 24.3 Å². The monoisotopic (exact) mass is 302 g/mol. The zero-order valence-corrected chi connectivity index (χ0v) is 12.9. The standard InChI is InChI=1S/C17H22N2O3/c1-3-10-22-13-14-6-5-9-19(12-14)17(20)18-15-7-4-8-16(11-15)21-2/h1,4,7-8,11,14H,5-6,9-10,12-13H2,2H3,(H,18,20). The topological polar surface area (TPSA) is 50.8 Å². The Bertz CT molecular complexity index is 539. The van der Waals surface area contributed by atoms with E-state index in [9.17, 15) is 4.79 Å². The van der Waals surface area contributed by atoms with E-state index in [1.54, 1.807) is 13.2 Å². The first-order valence-corrected chi connectivity index (χ1v) is 7.44. The number of terminal acetylenes is 1. The van der Waals surface area contributed by atoms with Crippen molar-refractivity contribution in [3.63, 3.8) is 0 Å². The number of benzene rings is 1. The lowest BCUT2D eigenvalue weighted by molar-refractivity contribution is 0.0883. The van der Waals surface area contributed by atoms with Gasteiger partial charge in [0.15, 0.2) is 0 Å². The summed E-state index contributed by atoms with van der Waals surface area (Å²) < 4.78 is 10.5. The van der Waals surface area contributed by atoms with Crippen LogP contribution in [0, 0.1) is 18.3 Å². The molecule has 0 radical (unpaired) electrons. The summed E-state index contributed by atoms with van der Waals surface area (Å²) in [6.45, 7) is 2.39. The molecule has 1 unspecified atom stereocenters. The number of amides is 2. The van der Waals surface area contributed by atoms with Crippen molar-refractivity contribution in [1.82, 2.24) is 4.90 Å². The second-order valence-corrected chi connectivity index (χ2v) is 5.34. The molecule has 1 N–H and O–H groups in total. The number of nitrogens with one attached hydrogen (secondary N) is 1. The molecule has 1 aromatic carbocycles. The van der Waals surface area contributed by atoms with E-state index in [0.29, 0.717) is 25.7 Å². The van der Waals surface area contributed by atoms with Gasteiger partial charge in [0.05, 0.1) is 13.7 Å². The minimum absolute atomic E-state index is 0.0881. The van der Waals surface area contributed by atoms with Crippen LogP contribution >= 0.6 is 0 Å². The molecule has 2 rings (SSSR count). The summed E-state index contributed by atoms with van der Waals surface area (Å²) in [5, 5.41) is 2.91. The summed E-state index contributed by atoms with van der Waals surface area (Å²) in [5.41, 5.74) is 0.732. The fraction of sp³-hybridized carbons (Fsp3) is 0.471. The molecule has 0 aromatic heterocycles.